The number of carbonyl (C=O) groups is 2. The number of hydrogen-bond donors (Lipinski definition) is 0. The predicted molar refractivity (Wildman–Crippen MR) is 152 cm³/mol. The van der Waals surface area contributed by atoms with Crippen LogP contribution in [0.4, 0.5) is 4.79 Å². The van der Waals surface area contributed by atoms with Crippen molar-refractivity contribution in [2.75, 3.05) is 20.3 Å². The molecule has 0 aliphatic rings. The first-order valence-corrected chi connectivity index (χ1v) is 15.5. The molecular weight excluding hydrogens is 450 g/mol. The summed E-state index contributed by atoms with van der Waals surface area (Å²) in [6.07, 6.45) is 24.1. The first-order valence-electron chi connectivity index (χ1n) is 15.5. The van der Waals surface area contributed by atoms with Gasteiger partial charge in [0.05, 0.1) is 13.2 Å². The lowest BCUT2D eigenvalue weighted by atomic mass is 10.0. The molecule has 0 rings (SSSR count). The van der Waals surface area contributed by atoms with Crippen LogP contribution in [0.25, 0.3) is 0 Å². The Morgan fingerprint density at radius 2 is 0.944 bits per heavy atom. The zero-order chi connectivity index (χ0) is 26.9. The van der Waals surface area contributed by atoms with E-state index < -0.39 is 12.1 Å². The maximum absolute atomic E-state index is 12.7. The van der Waals surface area contributed by atoms with Gasteiger partial charge >= 0.3 is 12.1 Å². The van der Waals surface area contributed by atoms with Crippen molar-refractivity contribution < 1.29 is 19.1 Å². The third-order valence-electron chi connectivity index (χ3n) is 6.94. The van der Waals surface area contributed by atoms with Gasteiger partial charge in [0, 0.05) is 7.05 Å². The van der Waals surface area contributed by atoms with Crippen molar-refractivity contribution in [2.24, 2.45) is 5.92 Å². The zero-order valence-corrected chi connectivity index (χ0v) is 24.8. The van der Waals surface area contributed by atoms with E-state index >= 15 is 0 Å². The highest BCUT2D eigenvalue weighted by Gasteiger charge is 2.29. The maximum atomic E-state index is 12.7. The van der Waals surface area contributed by atoms with E-state index in [9.17, 15) is 9.59 Å². The standard InChI is InChI=1S/C31H61NO4/c1-6-8-10-12-13-14-15-16-17-18-19-20-21-22-24-25-35-30(33)29(27-28(3)4)32(5)31(34)36-26-23-11-9-7-2/h28-29H,6-27H2,1-5H3/t29-/m0/s1. The SMILES string of the molecule is CCCCCCCCCCCCCCCCCOC(=O)[C@H](CC(C)C)N(C)C(=O)OCCCCCC. The van der Waals surface area contributed by atoms with Crippen LogP contribution >= 0.6 is 0 Å². The van der Waals surface area contributed by atoms with Crippen molar-refractivity contribution in [3.8, 4) is 0 Å². The fourth-order valence-electron chi connectivity index (χ4n) is 4.52. The van der Waals surface area contributed by atoms with Crippen LogP contribution in [0.15, 0.2) is 0 Å². The number of esters is 1. The van der Waals surface area contributed by atoms with Crippen molar-refractivity contribution in [1.82, 2.24) is 4.90 Å². The van der Waals surface area contributed by atoms with Crippen LogP contribution in [-0.4, -0.2) is 43.3 Å². The van der Waals surface area contributed by atoms with Gasteiger partial charge in [0.25, 0.3) is 0 Å². The highest BCUT2D eigenvalue weighted by atomic mass is 16.6. The Morgan fingerprint density at radius 3 is 1.36 bits per heavy atom. The molecule has 5 heteroatoms. The van der Waals surface area contributed by atoms with Crippen molar-refractivity contribution in [1.29, 1.82) is 0 Å². The molecule has 214 valence electrons. The number of ether oxygens (including phenoxy) is 2. The van der Waals surface area contributed by atoms with Crippen LogP contribution in [0.2, 0.25) is 0 Å². The van der Waals surface area contributed by atoms with E-state index in [1.165, 1.54) is 88.4 Å². The number of unbranched alkanes of at least 4 members (excludes halogenated alkanes) is 17. The molecule has 0 heterocycles. The minimum Gasteiger partial charge on any atom is -0.464 e. The molecule has 0 aliphatic carbocycles. The summed E-state index contributed by atoms with van der Waals surface area (Å²) in [5, 5.41) is 0. The number of hydrogen-bond acceptors (Lipinski definition) is 4. The highest BCUT2D eigenvalue weighted by Crippen LogP contribution is 2.16. The second kappa shape index (κ2) is 25.4. The molecule has 0 aromatic carbocycles. The van der Waals surface area contributed by atoms with Gasteiger partial charge in [-0.25, -0.2) is 9.59 Å². The topological polar surface area (TPSA) is 55.8 Å². The first kappa shape index (κ1) is 34.7. The molecule has 0 fully saturated rings. The number of nitrogens with zero attached hydrogens (tertiary/aromatic N) is 1. The smallest absolute Gasteiger partial charge is 0.410 e. The minimum atomic E-state index is -0.579. The van der Waals surface area contributed by atoms with Crippen molar-refractivity contribution in [3.05, 3.63) is 0 Å². The summed E-state index contributed by atoms with van der Waals surface area (Å²) in [4.78, 5) is 26.6. The summed E-state index contributed by atoms with van der Waals surface area (Å²) in [7, 11) is 1.65. The molecule has 0 N–H and O–H groups in total. The van der Waals surface area contributed by atoms with Gasteiger partial charge < -0.3 is 9.47 Å². The molecule has 0 bridgehead atoms. The maximum Gasteiger partial charge on any atom is 0.410 e. The fourth-order valence-corrected chi connectivity index (χ4v) is 4.52. The second-order valence-electron chi connectivity index (χ2n) is 11.0. The average Bonchev–Trinajstić information content (AvgIpc) is 2.86. The number of amides is 1. The lowest BCUT2D eigenvalue weighted by Crippen LogP contribution is -2.44. The van der Waals surface area contributed by atoms with E-state index in [2.05, 4.69) is 27.7 Å². The summed E-state index contributed by atoms with van der Waals surface area (Å²) in [6.45, 7) is 9.38. The molecule has 0 unspecified atom stereocenters. The number of rotatable bonds is 25. The Labute approximate surface area is 224 Å². The zero-order valence-electron chi connectivity index (χ0n) is 24.8. The van der Waals surface area contributed by atoms with Gasteiger partial charge in [-0.15, -0.1) is 0 Å². The van der Waals surface area contributed by atoms with Crippen molar-refractivity contribution in [3.63, 3.8) is 0 Å². The van der Waals surface area contributed by atoms with Crippen LogP contribution in [0.3, 0.4) is 0 Å². The second-order valence-corrected chi connectivity index (χ2v) is 11.0. The van der Waals surface area contributed by atoms with E-state index in [4.69, 9.17) is 9.47 Å². The van der Waals surface area contributed by atoms with E-state index in [0.29, 0.717) is 19.6 Å². The van der Waals surface area contributed by atoms with Gasteiger partial charge in [0.2, 0.25) is 0 Å². The summed E-state index contributed by atoms with van der Waals surface area (Å²) in [5.74, 6) is -0.0207. The van der Waals surface area contributed by atoms with Gasteiger partial charge in [-0.1, -0.05) is 137 Å². The molecule has 0 aromatic heterocycles. The molecule has 0 aromatic rings. The Balaban J connectivity index is 3.88. The normalized spacial score (nSPS) is 12.1. The lowest BCUT2D eigenvalue weighted by molar-refractivity contribution is -0.149. The number of likely N-dealkylation sites (N-methyl/N-ethyl adjacent to an activating group) is 1. The summed E-state index contributed by atoms with van der Waals surface area (Å²) in [6, 6.07) is -0.579. The van der Waals surface area contributed by atoms with Crippen LogP contribution in [0, 0.1) is 5.92 Å². The monoisotopic (exact) mass is 511 g/mol. The number of carbonyl (C=O) groups excluding carboxylic acids is 2. The van der Waals surface area contributed by atoms with Gasteiger partial charge in [0.15, 0.2) is 0 Å². The third-order valence-corrected chi connectivity index (χ3v) is 6.94. The highest BCUT2D eigenvalue weighted by molar-refractivity contribution is 5.81. The Kier molecular flexibility index (Phi) is 24.5. The summed E-state index contributed by atoms with van der Waals surface area (Å²) in [5.41, 5.74) is 0. The summed E-state index contributed by atoms with van der Waals surface area (Å²) < 4.78 is 10.9. The van der Waals surface area contributed by atoms with E-state index in [-0.39, 0.29) is 11.9 Å². The van der Waals surface area contributed by atoms with E-state index in [0.717, 1.165) is 38.5 Å². The Hall–Kier alpha value is -1.26. The molecule has 36 heavy (non-hydrogen) atoms. The summed E-state index contributed by atoms with van der Waals surface area (Å²) >= 11 is 0. The third kappa shape index (κ3) is 20.9. The average molecular weight is 512 g/mol. The van der Waals surface area contributed by atoms with E-state index in [1.54, 1.807) is 7.05 Å². The molecule has 0 saturated carbocycles. The molecule has 5 nitrogen and oxygen atoms in total. The molecule has 0 aliphatic heterocycles. The molecule has 0 spiro atoms. The Morgan fingerprint density at radius 1 is 0.583 bits per heavy atom. The van der Waals surface area contributed by atoms with Crippen LogP contribution in [-0.2, 0) is 14.3 Å². The molecule has 0 radical (unpaired) electrons. The van der Waals surface area contributed by atoms with Crippen LogP contribution in [0.1, 0.15) is 156 Å². The minimum absolute atomic E-state index is 0.285. The largest absolute Gasteiger partial charge is 0.464 e. The van der Waals surface area contributed by atoms with Crippen LogP contribution < -0.4 is 0 Å². The molecule has 0 saturated heterocycles. The quantitative estimate of drug-likeness (QED) is 0.0904. The van der Waals surface area contributed by atoms with Crippen LogP contribution in [0.5, 0.6) is 0 Å². The van der Waals surface area contributed by atoms with Crippen molar-refractivity contribution >= 4 is 12.1 Å². The van der Waals surface area contributed by atoms with Gasteiger partial charge in [-0.2, -0.15) is 0 Å². The fraction of sp³-hybridized carbons (Fsp3) is 0.935. The van der Waals surface area contributed by atoms with Crippen molar-refractivity contribution in [2.45, 2.75) is 162 Å². The lowest BCUT2D eigenvalue weighted by Gasteiger charge is -2.27. The predicted octanol–water partition coefficient (Wildman–Crippen LogP) is 9.46. The molecule has 1 amide bonds. The van der Waals surface area contributed by atoms with E-state index in [1.807, 2.05) is 0 Å². The van der Waals surface area contributed by atoms with Gasteiger partial charge in [0.1, 0.15) is 6.04 Å². The van der Waals surface area contributed by atoms with Gasteiger partial charge in [-0.05, 0) is 25.2 Å². The Bertz CT molecular complexity index is 509. The molecular formula is C31H61NO4. The molecule has 1 atom stereocenters. The first-order chi connectivity index (χ1) is 17.4. The van der Waals surface area contributed by atoms with Gasteiger partial charge in [-0.3, -0.25) is 4.90 Å².